The molecule has 2 rings (SSSR count). The molecule has 0 aromatic carbocycles. The lowest BCUT2D eigenvalue weighted by Gasteiger charge is -2.11. The van der Waals surface area contributed by atoms with Crippen LogP contribution in [0.1, 0.15) is 35.8 Å². The molecule has 0 radical (unpaired) electrons. The molecule has 5 nitrogen and oxygen atoms in total. The predicted octanol–water partition coefficient (Wildman–Crippen LogP) is 3.66. The minimum atomic E-state index is -0.178. The van der Waals surface area contributed by atoms with Crippen LogP contribution in [0.5, 0.6) is 0 Å². The van der Waals surface area contributed by atoms with Crippen LogP contribution in [0.3, 0.4) is 0 Å². The van der Waals surface area contributed by atoms with Gasteiger partial charge in [-0.15, -0.1) is 0 Å². The van der Waals surface area contributed by atoms with E-state index in [4.69, 9.17) is 0 Å². The van der Waals surface area contributed by atoms with Gasteiger partial charge < -0.3 is 10.6 Å². The number of carbonyl (C=O) groups excluding carboxylic acids is 1. The molecule has 0 unspecified atom stereocenters. The molecular formula is C15H17BrN4O. The Hall–Kier alpha value is -1.95. The van der Waals surface area contributed by atoms with Crippen molar-refractivity contribution in [1.82, 2.24) is 9.97 Å². The first-order valence-corrected chi connectivity index (χ1v) is 7.41. The summed E-state index contributed by atoms with van der Waals surface area (Å²) in [7, 11) is 1.79. The van der Waals surface area contributed by atoms with E-state index in [1.54, 1.807) is 31.6 Å². The van der Waals surface area contributed by atoms with Crippen molar-refractivity contribution in [3.8, 4) is 0 Å². The number of nitrogens with one attached hydrogen (secondary N) is 2. The number of hydrogen-bond donors (Lipinski definition) is 2. The number of rotatable bonds is 4. The summed E-state index contributed by atoms with van der Waals surface area (Å²) in [6.07, 6.45) is 3.27. The van der Waals surface area contributed by atoms with Crippen molar-refractivity contribution in [1.29, 1.82) is 0 Å². The molecule has 0 aliphatic rings. The van der Waals surface area contributed by atoms with Gasteiger partial charge in [-0.05, 0) is 40.0 Å². The number of carbonyl (C=O) groups is 1. The van der Waals surface area contributed by atoms with E-state index in [9.17, 15) is 4.79 Å². The van der Waals surface area contributed by atoms with Gasteiger partial charge in [0, 0.05) is 30.7 Å². The van der Waals surface area contributed by atoms with Crippen LogP contribution in [0.15, 0.2) is 35.1 Å². The lowest BCUT2D eigenvalue weighted by atomic mass is 10.1. The number of aromatic nitrogens is 2. The van der Waals surface area contributed by atoms with Crippen molar-refractivity contribution < 1.29 is 4.79 Å². The SMILES string of the molecule is CNc1cc(C(=O)Nc2ccncc2Br)cc(C(C)C)n1. The standard InChI is InChI=1S/C15H17BrN4O/c1-9(2)13-6-10(7-14(17-3)19-13)15(21)20-12-4-5-18-8-11(12)16/h4-9H,1-3H3,(H,17,19)(H,18,20,21). The Morgan fingerprint density at radius 1 is 1.33 bits per heavy atom. The van der Waals surface area contributed by atoms with Crippen molar-refractivity contribution >= 4 is 33.3 Å². The summed E-state index contributed by atoms with van der Waals surface area (Å²) in [5, 5.41) is 5.84. The number of nitrogens with zero attached hydrogens (tertiary/aromatic N) is 2. The van der Waals surface area contributed by atoms with Gasteiger partial charge in [-0.3, -0.25) is 9.78 Å². The molecule has 2 aromatic rings. The molecule has 2 N–H and O–H groups in total. The molecule has 0 atom stereocenters. The molecule has 0 aliphatic heterocycles. The number of amides is 1. The Labute approximate surface area is 132 Å². The first-order valence-electron chi connectivity index (χ1n) is 6.62. The van der Waals surface area contributed by atoms with E-state index in [0.717, 1.165) is 10.2 Å². The molecule has 2 aromatic heterocycles. The summed E-state index contributed by atoms with van der Waals surface area (Å²) < 4.78 is 0.741. The summed E-state index contributed by atoms with van der Waals surface area (Å²) in [5.41, 5.74) is 2.13. The van der Waals surface area contributed by atoms with E-state index >= 15 is 0 Å². The monoisotopic (exact) mass is 348 g/mol. The third-order valence-corrected chi connectivity index (χ3v) is 3.61. The van der Waals surface area contributed by atoms with Crippen molar-refractivity contribution in [3.05, 3.63) is 46.3 Å². The minimum absolute atomic E-state index is 0.178. The smallest absolute Gasteiger partial charge is 0.255 e. The van der Waals surface area contributed by atoms with Crippen molar-refractivity contribution in [2.45, 2.75) is 19.8 Å². The summed E-state index contributed by atoms with van der Waals surface area (Å²) in [6.45, 7) is 4.09. The highest BCUT2D eigenvalue weighted by atomic mass is 79.9. The third-order valence-electron chi connectivity index (χ3n) is 2.98. The van der Waals surface area contributed by atoms with Gasteiger partial charge in [0.2, 0.25) is 0 Å². The summed E-state index contributed by atoms with van der Waals surface area (Å²) in [4.78, 5) is 20.8. The highest BCUT2D eigenvalue weighted by molar-refractivity contribution is 9.10. The predicted molar refractivity (Wildman–Crippen MR) is 87.8 cm³/mol. The average molecular weight is 349 g/mol. The van der Waals surface area contributed by atoms with Gasteiger partial charge in [0.05, 0.1) is 10.2 Å². The van der Waals surface area contributed by atoms with E-state index < -0.39 is 0 Å². The maximum Gasteiger partial charge on any atom is 0.255 e. The van der Waals surface area contributed by atoms with Crippen LogP contribution in [0.2, 0.25) is 0 Å². The fraction of sp³-hybridized carbons (Fsp3) is 0.267. The average Bonchev–Trinajstić information content (AvgIpc) is 2.49. The fourth-order valence-electron chi connectivity index (χ4n) is 1.78. The fourth-order valence-corrected chi connectivity index (χ4v) is 2.13. The Morgan fingerprint density at radius 3 is 2.71 bits per heavy atom. The third kappa shape index (κ3) is 3.78. The van der Waals surface area contributed by atoms with E-state index in [-0.39, 0.29) is 11.8 Å². The van der Waals surface area contributed by atoms with Crippen LogP contribution in [0.4, 0.5) is 11.5 Å². The normalized spacial score (nSPS) is 10.5. The van der Waals surface area contributed by atoms with E-state index in [2.05, 4.69) is 36.5 Å². The van der Waals surface area contributed by atoms with Crippen LogP contribution < -0.4 is 10.6 Å². The zero-order valence-electron chi connectivity index (χ0n) is 12.1. The zero-order valence-corrected chi connectivity index (χ0v) is 13.7. The van der Waals surface area contributed by atoms with Crippen LogP contribution in [-0.4, -0.2) is 22.9 Å². The second kappa shape index (κ2) is 6.67. The van der Waals surface area contributed by atoms with Crippen molar-refractivity contribution in [2.24, 2.45) is 0 Å². The molecule has 110 valence electrons. The first-order chi connectivity index (χ1) is 10.0. The van der Waals surface area contributed by atoms with E-state index in [0.29, 0.717) is 17.1 Å². The van der Waals surface area contributed by atoms with Gasteiger partial charge in [0.1, 0.15) is 5.82 Å². The Morgan fingerprint density at radius 2 is 2.10 bits per heavy atom. The molecule has 0 bridgehead atoms. The molecule has 0 saturated carbocycles. The molecule has 0 aliphatic carbocycles. The highest BCUT2D eigenvalue weighted by Gasteiger charge is 2.12. The topological polar surface area (TPSA) is 66.9 Å². The zero-order chi connectivity index (χ0) is 15.4. The molecule has 21 heavy (non-hydrogen) atoms. The van der Waals surface area contributed by atoms with Crippen LogP contribution in [0.25, 0.3) is 0 Å². The maximum absolute atomic E-state index is 12.4. The minimum Gasteiger partial charge on any atom is -0.373 e. The van der Waals surface area contributed by atoms with Gasteiger partial charge in [-0.2, -0.15) is 0 Å². The number of pyridine rings is 2. The van der Waals surface area contributed by atoms with Gasteiger partial charge in [0.25, 0.3) is 5.91 Å². The number of anilines is 2. The molecule has 0 fully saturated rings. The van der Waals surface area contributed by atoms with E-state index in [1.807, 2.05) is 19.9 Å². The quantitative estimate of drug-likeness (QED) is 0.884. The number of hydrogen-bond acceptors (Lipinski definition) is 4. The summed E-state index contributed by atoms with van der Waals surface area (Å²) in [6, 6.07) is 5.29. The molecule has 0 saturated heterocycles. The van der Waals surface area contributed by atoms with Crippen LogP contribution in [0, 0.1) is 0 Å². The largest absolute Gasteiger partial charge is 0.373 e. The van der Waals surface area contributed by atoms with Crippen molar-refractivity contribution in [3.63, 3.8) is 0 Å². The Balaban J connectivity index is 2.30. The number of halogens is 1. The van der Waals surface area contributed by atoms with Crippen LogP contribution in [-0.2, 0) is 0 Å². The molecule has 1 amide bonds. The summed E-state index contributed by atoms with van der Waals surface area (Å²) >= 11 is 3.36. The summed E-state index contributed by atoms with van der Waals surface area (Å²) in [5.74, 6) is 0.750. The maximum atomic E-state index is 12.4. The Bertz CT molecular complexity index is 658. The molecule has 0 spiro atoms. The van der Waals surface area contributed by atoms with Gasteiger partial charge in [-0.25, -0.2) is 4.98 Å². The molecular weight excluding hydrogens is 332 g/mol. The highest BCUT2D eigenvalue weighted by Crippen LogP contribution is 2.22. The van der Waals surface area contributed by atoms with Crippen molar-refractivity contribution in [2.75, 3.05) is 17.7 Å². The second-order valence-electron chi connectivity index (χ2n) is 4.88. The second-order valence-corrected chi connectivity index (χ2v) is 5.73. The van der Waals surface area contributed by atoms with Crippen LogP contribution >= 0.6 is 15.9 Å². The van der Waals surface area contributed by atoms with Gasteiger partial charge in [-0.1, -0.05) is 13.8 Å². The van der Waals surface area contributed by atoms with E-state index in [1.165, 1.54) is 0 Å². The lowest BCUT2D eigenvalue weighted by Crippen LogP contribution is -2.14. The molecule has 2 heterocycles. The first kappa shape index (κ1) is 15.4. The Kier molecular flexibility index (Phi) is 4.90. The molecule has 6 heteroatoms. The lowest BCUT2D eigenvalue weighted by molar-refractivity contribution is 0.102. The van der Waals surface area contributed by atoms with Gasteiger partial charge in [0.15, 0.2) is 0 Å². The van der Waals surface area contributed by atoms with Gasteiger partial charge >= 0.3 is 0 Å².